The van der Waals surface area contributed by atoms with Crippen molar-refractivity contribution in [2.24, 2.45) is 0 Å². The molecular weight excluding hydrogens is 380 g/mol. The lowest BCUT2D eigenvalue weighted by Gasteiger charge is -2.28. The summed E-state index contributed by atoms with van der Waals surface area (Å²) < 4.78 is 7.39. The quantitative estimate of drug-likeness (QED) is 0.723. The first-order valence-electron chi connectivity index (χ1n) is 9.93. The van der Waals surface area contributed by atoms with Crippen LogP contribution < -0.4 is 10.2 Å². The van der Waals surface area contributed by atoms with Gasteiger partial charge in [0, 0.05) is 43.6 Å². The van der Waals surface area contributed by atoms with Crippen molar-refractivity contribution in [1.29, 1.82) is 0 Å². The molecule has 152 valence electrons. The molecule has 1 fully saturated rings. The molecule has 4 heterocycles. The highest BCUT2D eigenvalue weighted by Crippen LogP contribution is 2.26. The van der Waals surface area contributed by atoms with E-state index in [-0.39, 0.29) is 5.91 Å². The molecule has 0 saturated carbocycles. The molecule has 0 atom stereocenters. The smallest absolute Gasteiger partial charge is 0.255 e. The van der Waals surface area contributed by atoms with E-state index in [1.54, 1.807) is 23.4 Å². The fourth-order valence-electron chi connectivity index (χ4n) is 3.63. The Morgan fingerprint density at radius 2 is 1.87 bits per heavy atom. The fraction of sp³-hybridized carbons (Fsp3) is 0.227. The van der Waals surface area contributed by atoms with E-state index in [4.69, 9.17) is 4.74 Å². The summed E-state index contributed by atoms with van der Waals surface area (Å²) >= 11 is 0. The maximum absolute atomic E-state index is 12.6. The Labute approximate surface area is 174 Å². The number of nitrogens with zero attached hydrogens (tertiary/aromatic N) is 5. The van der Waals surface area contributed by atoms with E-state index in [1.165, 1.54) is 0 Å². The van der Waals surface area contributed by atoms with Gasteiger partial charge in [-0.15, -0.1) is 0 Å². The van der Waals surface area contributed by atoms with E-state index in [1.807, 2.05) is 36.7 Å². The average Bonchev–Trinajstić information content (AvgIpc) is 3.29. The number of carbonyl (C=O) groups is 1. The molecule has 1 aromatic carbocycles. The van der Waals surface area contributed by atoms with Crippen LogP contribution in [0.25, 0.3) is 5.70 Å². The molecule has 8 nitrogen and oxygen atoms in total. The van der Waals surface area contributed by atoms with E-state index in [2.05, 4.69) is 36.9 Å². The first-order valence-corrected chi connectivity index (χ1v) is 9.93. The van der Waals surface area contributed by atoms with Crippen LogP contribution in [0.5, 0.6) is 0 Å². The van der Waals surface area contributed by atoms with Crippen LogP contribution in [-0.4, -0.2) is 51.6 Å². The lowest BCUT2D eigenvalue weighted by atomic mass is 10.2. The number of carbonyl (C=O) groups excluding carboxylic acids is 1. The number of para-hydroxylation sites is 1. The number of hydrogen-bond donors (Lipinski definition) is 1. The van der Waals surface area contributed by atoms with Gasteiger partial charge >= 0.3 is 0 Å². The zero-order valence-electron chi connectivity index (χ0n) is 16.4. The SMILES string of the molecule is O=C(c1ccc(NC2=CN(c3ccccc3)Cn3ccnc32)nc1)N1CCOCC1. The predicted molar refractivity (Wildman–Crippen MR) is 114 cm³/mol. The molecule has 0 unspecified atom stereocenters. The lowest BCUT2D eigenvalue weighted by molar-refractivity contribution is 0.0302. The summed E-state index contributed by atoms with van der Waals surface area (Å²) in [5, 5.41) is 3.35. The number of hydrogen-bond acceptors (Lipinski definition) is 6. The molecule has 2 aliphatic heterocycles. The number of aromatic nitrogens is 3. The number of rotatable bonds is 4. The maximum Gasteiger partial charge on any atom is 0.255 e. The van der Waals surface area contributed by atoms with Gasteiger partial charge in [-0.2, -0.15) is 0 Å². The minimum absolute atomic E-state index is 0.0139. The molecular formula is C22H22N6O2. The summed E-state index contributed by atoms with van der Waals surface area (Å²) in [4.78, 5) is 25.5. The normalized spacial score (nSPS) is 16.1. The number of fused-ring (bicyclic) bond motifs is 1. The zero-order chi connectivity index (χ0) is 20.3. The number of anilines is 2. The molecule has 2 aromatic heterocycles. The molecule has 2 aliphatic rings. The first kappa shape index (κ1) is 18.4. The van der Waals surface area contributed by atoms with Crippen LogP contribution in [0.2, 0.25) is 0 Å². The number of pyridine rings is 1. The van der Waals surface area contributed by atoms with E-state index < -0.39 is 0 Å². The number of morpholine rings is 1. The Balaban J connectivity index is 1.36. The molecule has 1 saturated heterocycles. The van der Waals surface area contributed by atoms with E-state index in [0.29, 0.717) is 44.4 Å². The van der Waals surface area contributed by atoms with Crippen molar-refractivity contribution in [3.05, 3.63) is 78.6 Å². The van der Waals surface area contributed by atoms with Crippen molar-refractivity contribution in [2.75, 3.05) is 36.5 Å². The second-order valence-electron chi connectivity index (χ2n) is 7.17. The monoisotopic (exact) mass is 402 g/mol. The van der Waals surface area contributed by atoms with Gasteiger partial charge in [0.15, 0.2) is 5.82 Å². The van der Waals surface area contributed by atoms with Gasteiger partial charge < -0.3 is 24.4 Å². The van der Waals surface area contributed by atoms with Crippen LogP contribution in [0.4, 0.5) is 11.5 Å². The summed E-state index contributed by atoms with van der Waals surface area (Å²) in [5.74, 6) is 1.49. The third kappa shape index (κ3) is 3.65. The molecule has 0 radical (unpaired) electrons. The third-order valence-corrected chi connectivity index (χ3v) is 5.21. The van der Waals surface area contributed by atoms with Crippen LogP contribution in [0, 0.1) is 0 Å². The zero-order valence-corrected chi connectivity index (χ0v) is 16.4. The largest absolute Gasteiger partial charge is 0.378 e. The van der Waals surface area contributed by atoms with E-state index in [0.717, 1.165) is 17.2 Å². The summed E-state index contributed by atoms with van der Waals surface area (Å²) in [7, 11) is 0. The van der Waals surface area contributed by atoms with Gasteiger partial charge in [-0.1, -0.05) is 18.2 Å². The Bertz CT molecular complexity index is 1050. The number of amides is 1. The number of nitrogens with one attached hydrogen (secondary N) is 1. The predicted octanol–water partition coefficient (Wildman–Crippen LogP) is 2.64. The molecule has 1 N–H and O–H groups in total. The van der Waals surface area contributed by atoms with Gasteiger partial charge in [-0.25, -0.2) is 9.97 Å². The second-order valence-corrected chi connectivity index (χ2v) is 7.17. The Kier molecular flexibility index (Phi) is 4.90. The van der Waals surface area contributed by atoms with Crippen LogP contribution in [0.15, 0.2) is 67.3 Å². The number of benzene rings is 1. The second kappa shape index (κ2) is 8.00. The highest BCUT2D eigenvalue weighted by Gasteiger charge is 2.21. The van der Waals surface area contributed by atoms with Gasteiger partial charge in [0.2, 0.25) is 0 Å². The van der Waals surface area contributed by atoms with Crippen molar-refractivity contribution in [2.45, 2.75) is 6.67 Å². The minimum Gasteiger partial charge on any atom is -0.378 e. The minimum atomic E-state index is -0.0139. The summed E-state index contributed by atoms with van der Waals surface area (Å²) in [6, 6.07) is 13.8. The van der Waals surface area contributed by atoms with Crippen molar-refractivity contribution in [3.8, 4) is 0 Å². The highest BCUT2D eigenvalue weighted by atomic mass is 16.5. The van der Waals surface area contributed by atoms with Crippen molar-refractivity contribution >= 4 is 23.1 Å². The third-order valence-electron chi connectivity index (χ3n) is 5.21. The van der Waals surface area contributed by atoms with Crippen LogP contribution >= 0.6 is 0 Å². The number of ether oxygens (including phenoxy) is 1. The standard InChI is InChI=1S/C22H22N6O2/c29-22(26-10-12-30-13-11-26)17-6-7-20(24-14-17)25-19-15-28(18-4-2-1-3-5-18)16-27-9-8-23-21(19)27/h1-9,14-15H,10-13,16H2,(H,24,25). The molecule has 1 amide bonds. The molecule has 0 spiro atoms. The Morgan fingerprint density at radius 1 is 1.03 bits per heavy atom. The Morgan fingerprint density at radius 3 is 2.63 bits per heavy atom. The van der Waals surface area contributed by atoms with E-state index in [9.17, 15) is 4.79 Å². The van der Waals surface area contributed by atoms with Gasteiger partial charge in [0.25, 0.3) is 5.91 Å². The molecule has 5 rings (SSSR count). The lowest BCUT2D eigenvalue weighted by Crippen LogP contribution is -2.40. The van der Waals surface area contributed by atoms with Crippen molar-refractivity contribution in [1.82, 2.24) is 19.4 Å². The molecule has 0 bridgehead atoms. The van der Waals surface area contributed by atoms with Crippen LogP contribution in [0.1, 0.15) is 16.2 Å². The van der Waals surface area contributed by atoms with Gasteiger partial charge in [-0.3, -0.25) is 4.79 Å². The summed E-state index contributed by atoms with van der Waals surface area (Å²) in [6.45, 7) is 3.08. The maximum atomic E-state index is 12.6. The van der Waals surface area contributed by atoms with Gasteiger partial charge in [-0.05, 0) is 24.3 Å². The summed E-state index contributed by atoms with van der Waals surface area (Å²) in [5.41, 5.74) is 2.51. The summed E-state index contributed by atoms with van der Waals surface area (Å²) in [6.07, 6.45) is 7.39. The molecule has 0 aliphatic carbocycles. The van der Waals surface area contributed by atoms with Crippen LogP contribution in [0.3, 0.4) is 0 Å². The molecule has 30 heavy (non-hydrogen) atoms. The molecule has 8 heteroatoms. The fourth-order valence-corrected chi connectivity index (χ4v) is 3.63. The number of imidazole rings is 1. The van der Waals surface area contributed by atoms with E-state index >= 15 is 0 Å². The highest BCUT2D eigenvalue weighted by molar-refractivity contribution is 5.94. The topological polar surface area (TPSA) is 75.5 Å². The van der Waals surface area contributed by atoms with Crippen LogP contribution in [-0.2, 0) is 11.4 Å². The van der Waals surface area contributed by atoms with Gasteiger partial charge in [0.1, 0.15) is 12.5 Å². The van der Waals surface area contributed by atoms with Crippen molar-refractivity contribution in [3.63, 3.8) is 0 Å². The molecule has 3 aromatic rings. The Hall–Kier alpha value is -3.65. The average molecular weight is 402 g/mol. The first-order chi connectivity index (χ1) is 14.8. The van der Waals surface area contributed by atoms with Gasteiger partial charge in [0.05, 0.1) is 24.5 Å². The van der Waals surface area contributed by atoms with Crippen molar-refractivity contribution < 1.29 is 9.53 Å².